The van der Waals surface area contributed by atoms with E-state index in [9.17, 15) is 19.2 Å². The SMILES string of the molecule is COC(=O)C1C(C(=O)NC2CCCCC2)C(=O)N(C)C(=O)N1C. The maximum absolute atomic E-state index is 12.6. The summed E-state index contributed by atoms with van der Waals surface area (Å²) in [7, 11) is 3.85. The number of nitrogens with zero attached hydrogens (tertiary/aromatic N) is 2. The minimum absolute atomic E-state index is 0.00980. The number of ether oxygens (including phenoxy) is 1. The molecule has 2 aliphatic rings. The molecule has 1 aliphatic carbocycles. The molecule has 0 bridgehead atoms. The fourth-order valence-electron chi connectivity index (χ4n) is 3.23. The summed E-state index contributed by atoms with van der Waals surface area (Å²) < 4.78 is 4.68. The fourth-order valence-corrected chi connectivity index (χ4v) is 3.23. The van der Waals surface area contributed by atoms with Gasteiger partial charge in [0.05, 0.1) is 7.11 Å². The molecule has 2 rings (SSSR count). The van der Waals surface area contributed by atoms with Crippen molar-refractivity contribution in [2.24, 2.45) is 5.92 Å². The van der Waals surface area contributed by atoms with Crippen LogP contribution in [0, 0.1) is 5.92 Å². The zero-order chi connectivity index (χ0) is 17.1. The first kappa shape index (κ1) is 17.2. The molecule has 1 N–H and O–H groups in total. The molecule has 2 unspecified atom stereocenters. The van der Waals surface area contributed by atoms with Gasteiger partial charge in [-0.25, -0.2) is 9.59 Å². The van der Waals surface area contributed by atoms with E-state index in [0.717, 1.165) is 41.9 Å². The Kier molecular flexibility index (Phi) is 5.23. The number of esters is 1. The Hall–Kier alpha value is -2.12. The average molecular weight is 325 g/mol. The van der Waals surface area contributed by atoms with Crippen molar-refractivity contribution >= 4 is 23.8 Å². The predicted molar refractivity (Wildman–Crippen MR) is 80.2 cm³/mol. The third-order valence-electron chi connectivity index (χ3n) is 4.59. The summed E-state index contributed by atoms with van der Waals surface area (Å²) in [5.74, 6) is -3.26. The van der Waals surface area contributed by atoms with Gasteiger partial charge < -0.3 is 15.0 Å². The fraction of sp³-hybridized carbons (Fsp3) is 0.733. The molecule has 1 heterocycles. The molecule has 0 spiro atoms. The highest BCUT2D eigenvalue weighted by atomic mass is 16.5. The van der Waals surface area contributed by atoms with Gasteiger partial charge in [-0.2, -0.15) is 0 Å². The molecule has 1 aliphatic heterocycles. The van der Waals surface area contributed by atoms with Crippen LogP contribution in [-0.2, 0) is 19.1 Å². The summed E-state index contributed by atoms with van der Waals surface area (Å²) in [6, 6.07) is -1.86. The summed E-state index contributed by atoms with van der Waals surface area (Å²) in [5, 5.41) is 2.85. The number of amides is 4. The van der Waals surface area contributed by atoms with E-state index in [2.05, 4.69) is 10.1 Å². The zero-order valence-corrected chi connectivity index (χ0v) is 13.7. The Morgan fingerprint density at radius 3 is 2.30 bits per heavy atom. The first-order chi connectivity index (χ1) is 10.9. The molecule has 23 heavy (non-hydrogen) atoms. The van der Waals surface area contributed by atoms with Gasteiger partial charge in [-0.1, -0.05) is 19.3 Å². The Balaban J connectivity index is 2.22. The Labute approximate surface area is 135 Å². The molecule has 2 fully saturated rings. The first-order valence-corrected chi connectivity index (χ1v) is 7.81. The maximum atomic E-state index is 12.6. The second-order valence-corrected chi connectivity index (χ2v) is 6.08. The molecule has 8 heteroatoms. The zero-order valence-electron chi connectivity index (χ0n) is 13.7. The Morgan fingerprint density at radius 1 is 1.13 bits per heavy atom. The van der Waals surface area contributed by atoms with E-state index < -0.39 is 35.8 Å². The van der Waals surface area contributed by atoms with E-state index in [1.807, 2.05) is 0 Å². The molecule has 4 amide bonds. The molecule has 0 radical (unpaired) electrons. The lowest BCUT2D eigenvalue weighted by atomic mass is 9.91. The number of carbonyl (C=O) groups is 4. The number of imide groups is 1. The topological polar surface area (TPSA) is 96.0 Å². The Morgan fingerprint density at radius 2 is 1.74 bits per heavy atom. The minimum atomic E-state index is -1.28. The quantitative estimate of drug-likeness (QED) is 0.587. The first-order valence-electron chi connectivity index (χ1n) is 7.81. The molecule has 128 valence electrons. The van der Waals surface area contributed by atoms with E-state index >= 15 is 0 Å². The average Bonchev–Trinajstić information content (AvgIpc) is 2.56. The summed E-state index contributed by atoms with van der Waals surface area (Å²) in [6.45, 7) is 0. The van der Waals surface area contributed by atoms with Crippen LogP contribution in [0.1, 0.15) is 32.1 Å². The third-order valence-corrected chi connectivity index (χ3v) is 4.59. The van der Waals surface area contributed by atoms with Gasteiger partial charge in [0, 0.05) is 20.1 Å². The van der Waals surface area contributed by atoms with Crippen LogP contribution in [0.3, 0.4) is 0 Å². The highest BCUT2D eigenvalue weighted by Crippen LogP contribution is 2.24. The van der Waals surface area contributed by atoms with Crippen molar-refractivity contribution in [3.8, 4) is 0 Å². The predicted octanol–water partition coefficient (Wildman–Crippen LogP) is 0.117. The van der Waals surface area contributed by atoms with Crippen LogP contribution >= 0.6 is 0 Å². The van der Waals surface area contributed by atoms with Crippen LogP contribution in [0.2, 0.25) is 0 Å². The lowest BCUT2D eigenvalue weighted by Gasteiger charge is -2.39. The number of carbonyl (C=O) groups excluding carboxylic acids is 4. The van der Waals surface area contributed by atoms with Crippen molar-refractivity contribution < 1.29 is 23.9 Å². The van der Waals surface area contributed by atoms with Gasteiger partial charge in [-0.05, 0) is 12.8 Å². The number of hydrogen-bond donors (Lipinski definition) is 1. The number of urea groups is 1. The van der Waals surface area contributed by atoms with E-state index in [-0.39, 0.29) is 6.04 Å². The van der Waals surface area contributed by atoms with Crippen LogP contribution < -0.4 is 5.32 Å². The minimum Gasteiger partial charge on any atom is -0.467 e. The number of methoxy groups -OCH3 is 1. The second-order valence-electron chi connectivity index (χ2n) is 6.08. The van der Waals surface area contributed by atoms with Crippen molar-refractivity contribution in [1.82, 2.24) is 15.1 Å². The summed E-state index contributed by atoms with van der Waals surface area (Å²) in [4.78, 5) is 51.0. The lowest BCUT2D eigenvalue weighted by Crippen LogP contribution is -2.65. The molecule has 0 aromatic carbocycles. The van der Waals surface area contributed by atoms with Gasteiger partial charge in [0.15, 0.2) is 6.04 Å². The lowest BCUT2D eigenvalue weighted by molar-refractivity contribution is -0.159. The van der Waals surface area contributed by atoms with Gasteiger partial charge in [0.2, 0.25) is 11.8 Å². The van der Waals surface area contributed by atoms with Crippen molar-refractivity contribution in [3.63, 3.8) is 0 Å². The van der Waals surface area contributed by atoms with Crippen molar-refractivity contribution in [2.75, 3.05) is 21.2 Å². The van der Waals surface area contributed by atoms with E-state index in [4.69, 9.17) is 0 Å². The third kappa shape index (κ3) is 3.30. The van der Waals surface area contributed by atoms with Gasteiger partial charge in [-0.3, -0.25) is 14.5 Å². The summed E-state index contributed by atoms with van der Waals surface area (Å²) in [6.07, 6.45) is 4.92. The van der Waals surface area contributed by atoms with Gasteiger partial charge in [-0.15, -0.1) is 0 Å². The molecule has 1 saturated carbocycles. The smallest absolute Gasteiger partial charge is 0.330 e. The largest absolute Gasteiger partial charge is 0.467 e. The van der Waals surface area contributed by atoms with Gasteiger partial charge in [0.25, 0.3) is 0 Å². The number of hydrogen-bond acceptors (Lipinski definition) is 5. The number of nitrogens with one attached hydrogen (secondary N) is 1. The molecule has 2 atom stereocenters. The second kappa shape index (κ2) is 6.97. The molecule has 1 saturated heterocycles. The van der Waals surface area contributed by atoms with Crippen LogP contribution in [0.5, 0.6) is 0 Å². The van der Waals surface area contributed by atoms with Crippen LogP contribution in [-0.4, -0.2) is 66.9 Å². The monoisotopic (exact) mass is 325 g/mol. The molecular weight excluding hydrogens is 302 g/mol. The number of rotatable bonds is 3. The Bertz CT molecular complexity index is 515. The molecular formula is C15H23N3O5. The van der Waals surface area contributed by atoms with Gasteiger partial charge >= 0.3 is 12.0 Å². The van der Waals surface area contributed by atoms with Crippen molar-refractivity contribution in [1.29, 1.82) is 0 Å². The van der Waals surface area contributed by atoms with Crippen LogP contribution in [0.15, 0.2) is 0 Å². The highest BCUT2D eigenvalue weighted by molar-refractivity contribution is 6.12. The van der Waals surface area contributed by atoms with E-state index in [1.165, 1.54) is 21.2 Å². The summed E-state index contributed by atoms with van der Waals surface area (Å²) in [5.41, 5.74) is 0. The molecule has 0 aromatic rings. The standard InChI is InChI=1S/C15H23N3O5/c1-17-11(14(21)23-3)10(13(20)18(2)15(17)22)12(19)16-9-7-5-4-6-8-9/h9-11H,4-8H2,1-3H3,(H,16,19). The number of likely N-dealkylation sites (N-methyl/N-ethyl adjacent to an activating group) is 1. The van der Waals surface area contributed by atoms with Crippen LogP contribution in [0.25, 0.3) is 0 Å². The molecule has 8 nitrogen and oxygen atoms in total. The van der Waals surface area contributed by atoms with Crippen molar-refractivity contribution in [2.45, 2.75) is 44.2 Å². The highest BCUT2D eigenvalue weighted by Gasteiger charge is 2.51. The van der Waals surface area contributed by atoms with Gasteiger partial charge in [0.1, 0.15) is 5.92 Å². The van der Waals surface area contributed by atoms with E-state index in [0.29, 0.717) is 0 Å². The van der Waals surface area contributed by atoms with E-state index in [1.54, 1.807) is 0 Å². The normalized spacial score (nSPS) is 26.2. The maximum Gasteiger partial charge on any atom is 0.330 e. The van der Waals surface area contributed by atoms with Crippen LogP contribution in [0.4, 0.5) is 4.79 Å². The molecule has 0 aromatic heterocycles. The summed E-state index contributed by atoms with van der Waals surface area (Å²) >= 11 is 0. The van der Waals surface area contributed by atoms with Crippen molar-refractivity contribution in [3.05, 3.63) is 0 Å².